The van der Waals surface area contributed by atoms with Crippen molar-refractivity contribution in [2.75, 3.05) is 32.7 Å². The summed E-state index contributed by atoms with van der Waals surface area (Å²) in [5, 5.41) is 0. The van der Waals surface area contributed by atoms with Crippen molar-refractivity contribution in [1.29, 1.82) is 0 Å². The number of carbonyl (C=O) groups is 2. The fourth-order valence-electron chi connectivity index (χ4n) is 4.24. The van der Waals surface area contributed by atoms with E-state index in [-0.39, 0.29) is 23.5 Å². The van der Waals surface area contributed by atoms with Gasteiger partial charge in [0.25, 0.3) is 11.8 Å². The second-order valence-corrected chi connectivity index (χ2v) is 8.59. The molecule has 5 nitrogen and oxygen atoms in total. The summed E-state index contributed by atoms with van der Waals surface area (Å²) < 4.78 is 13.5. The van der Waals surface area contributed by atoms with Crippen molar-refractivity contribution >= 4 is 17.4 Å². The maximum Gasteiger partial charge on any atom is 0.277 e. The highest BCUT2D eigenvalue weighted by Gasteiger charge is 2.42. The Labute approximate surface area is 182 Å². The fraction of sp³-hybridized carbons (Fsp3) is 0.360. The summed E-state index contributed by atoms with van der Waals surface area (Å²) in [4.78, 5) is 32.2. The van der Waals surface area contributed by atoms with Crippen LogP contribution in [0.25, 0.3) is 5.57 Å². The van der Waals surface area contributed by atoms with Crippen molar-refractivity contribution in [3.63, 3.8) is 0 Å². The zero-order chi connectivity index (χ0) is 22.0. The number of hydrogen-bond donors (Lipinski definition) is 0. The van der Waals surface area contributed by atoms with Crippen LogP contribution in [0.4, 0.5) is 4.39 Å². The molecule has 2 aliphatic heterocycles. The predicted molar refractivity (Wildman–Crippen MR) is 118 cm³/mol. The number of imide groups is 1. The van der Waals surface area contributed by atoms with E-state index in [1.165, 1.54) is 22.6 Å². The minimum atomic E-state index is -0.365. The van der Waals surface area contributed by atoms with Crippen molar-refractivity contribution in [3.8, 4) is 0 Å². The van der Waals surface area contributed by atoms with Gasteiger partial charge in [0.15, 0.2) is 0 Å². The van der Waals surface area contributed by atoms with Gasteiger partial charge in [0, 0.05) is 39.3 Å². The quantitative estimate of drug-likeness (QED) is 0.671. The van der Waals surface area contributed by atoms with Crippen LogP contribution in [0.3, 0.4) is 0 Å². The van der Waals surface area contributed by atoms with Crippen LogP contribution in [0.15, 0.2) is 60.3 Å². The van der Waals surface area contributed by atoms with Crippen LogP contribution in [-0.2, 0) is 16.1 Å². The minimum Gasteiger partial charge on any atom is -0.364 e. The second-order valence-electron chi connectivity index (χ2n) is 8.59. The third kappa shape index (κ3) is 4.54. The molecular weight excluding hydrogens is 393 g/mol. The average molecular weight is 422 g/mol. The Morgan fingerprint density at radius 3 is 2.13 bits per heavy atom. The van der Waals surface area contributed by atoms with Gasteiger partial charge in [-0.1, -0.05) is 56.3 Å². The highest BCUT2D eigenvalue weighted by atomic mass is 19.1. The Bertz CT molecular complexity index is 978. The molecule has 2 heterocycles. The lowest BCUT2D eigenvalue weighted by Gasteiger charge is -2.36. The van der Waals surface area contributed by atoms with E-state index in [1.807, 2.05) is 36.9 Å². The van der Waals surface area contributed by atoms with E-state index in [4.69, 9.17) is 0 Å². The molecule has 0 unspecified atom stereocenters. The summed E-state index contributed by atoms with van der Waals surface area (Å²) in [6, 6.07) is 16.2. The number of piperazine rings is 1. The smallest absolute Gasteiger partial charge is 0.277 e. The molecule has 6 heteroatoms. The number of carbonyl (C=O) groups excluding carboxylic acids is 2. The molecule has 0 aliphatic carbocycles. The van der Waals surface area contributed by atoms with Crippen molar-refractivity contribution in [3.05, 3.63) is 77.2 Å². The first-order chi connectivity index (χ1) is 14.9. The molecule has 4 rings (SSSR count). The van der Waals surface area contributed by atoms with Crippen LogP contribution in [0, 0.1) is 11.7 Å². The lowest BCUT2D eigenvalue weighted by atomic mass is 10.0. The summed E-state index contributed by atoms with van der Waals surface area (Å²) in [5.74, 6) is -0.720. The molecule has 0 N–H and O–H groups in total. The Hall–Kier alpha value is -2.99. The van der Waals surface area contributed by atoms with Gasteiger partial charge in [-0.2, -0.15) is 0 Å². The number of benzene rings is 2. The molecule has 2 aromatic carbocycles. The van der Waals surface area contributed by atoms with Gasteiger partial charge in [0.2, 0.25) is 0 Å². The number of nitrogens with zero attached hydrogens (tertiary/aromatic N) is 3. The summed E-state index contributed by atoms with van der Waals surface area (Å²) in [7, 11) is 0. The first-order valence-corrected chi connectivity index (χ1v) is 10.8. The third-order valence-corrected chi connectivity index (χ3v) is 5.76. The molecule has 1 fully saturated rings. The largest absolute Gasteiger partial charge is 0.364 e. The predicted octanol–water partition coefficient (Wildman–Crippen LogP) is 3.38. The van der Waals surface area contributed by atoms with Gasteiger partial charge in [-0.25, -0.2) is 4.39 Å². The first kappa shape index (κ1) is 21.2. The highest BCUT2D eigenvalue weighted by molar-refractivity contribution is 6.35. The molecule has 2 aliphatic rings. The van der Waals surface area contributed by atoms with Gasteiger partial charge in [0.05, 0.1) is 5.57 Å². The molecule has 0 saturated carbocycles. The molecule has 0 aromatic heterocycles. The third-order valence-electron chi connectivity index (χ3n) is 5.76. The lowest BCUT2D eigenvalue weighted by Crippen LogP contribution is -2.47. The van der Waals surface area contributed by atoms with Crippen molar-refractivity contribution in [1.82, 2.24) is 14.7 Å². The Morgan fingerprint density at radius 1 is 0.871 bits per heavy atom. The highest BCUT2D eigenvalue weighted by Crippen LogP contribution is 2.33. The Morgan fingerprint density at radius 2 is 1.52 bits per heavy atom. The monoisotopic (exact) mass is 421 g/mol. The van der Waals surface area contributed by atoms with E-state index in [2.05, 4.69) is 17.0 Å². The second kappa shape index (κ2) is 9.02. The van der Waals surface area contributed by atoms with Crippen LogP contribution >= 0.6 is 0 Å². The fourth-order valence-corrected chi connectivity index (χ4v) is 4.24. The molecule has 2 aromatic rings. The van der Waals surface area contributed by atoms with Gasteiger partial charge in [-0.15, -0.1) is 0 Å². The van der Waals surface area contributed by atoms with Crippen molar-refractivity contribution < 1.29 is 14.0 Å². The zero-order valence-corrected chi connectivity index (χ0v) is 18.1. The molecule has 31 heavy (non-hydrogen) atoms. The first-order valence-electron chi connectivity index (χ1n) is 10.8. The summed E-state index contributed by atoms with van der Waals surface area (Å²) in [6.07, 6.45) is 0. The minimum absolute atomic E-state index is 0.171. The number of amides is 2. The molecule has 0 atom stereocenters. The van der Waals surface area contributed by atoms with Crippen LogP contribution in [0.2, 0.25) is 0 Å². The van der Waals surface area contributed by atoms with E-state index in [0.717, 1.165) is 19.6 Å². The van der Waals surface area contributed by atoms with Crippen molar-refractivity contribution in [2.45, 2.75) is 20.4 Å². The topological polar surface area (TPSA) is 43.9 Å². The molecular formula is C25H28FN3O2. The van der Waals surface area contributed by atoms with E-state index in [9.17, 15) is 14.0 Å². The molecule has 1 saturated heterocycles. The Balaban J connectivity index is 1.58. The standard InChI is InChI=1S/C25H28FN3O2/c1-18(2)16-29-24(30)22(20-8-10-21(26)11-9-20)23(25(29)31)28-14-12-27(13-15-28)17-19-6-4-3-5-7-19/h3-11,18H,12-17H2,1-2H3. The van der Waals surface area contributed by atoms with Gasteiger partial charge >= 0.3 is 0 Å². The van der Waals surface area contributed by atoms with E-state index >= 15 is 0 Å². The molecule has 162 valence electrons. The number of halogens is 1. The zero-order valence-electron chi connectivity index (χ0n) is 18.1. The summed E-state index contributed by atoms with van der Waals surface area (Å²) >= 11 is 0. The van der Waals surface area contributed by atoms with Crippen LogP contribution in [-0.4, -0.2) is 59.2 Å². The van der Waals surface area contributed by atoms with E-state index in [0.29, 0.717) is 36.5 Å². The number of rotatable bonds is 6. The summed E-state index contributed by atoms with van der Waals surface area (Å²) in [6.45, 7) is 8.16. The molecule has 0 radical (unpaired) electrons. The maximum absolute atomic E-state index is 13.5. The SMILES string of the molecule is CC(C)CN1C(=O)C(c2ccc(F)cc2)=C(N2CCN(Cc3ccccc3)CC2)C1=O. The normalized spacial score (nSPS) is 17.9. The van der Waals surface area contributed by atoms with E-state index in [1.54, 1.807) is 12.1 Å². The average Bonchev–Trinajstić information content (AvgIpc) is 3.00. The van der Waals surface area contributed by atoms with Crippen LogP contribution < -0.4 is 0 Å². The van der Waals surface area contributed by atoms with Gasteiger partial charge in [-0.3, -0.25) is 19.4 Å². The van der Waals surface area contributed by atoms with Gasteiger partial charge in [-0.05, 0) is 29.2 Å². The number of hydrogen-bond acceptors (Lipinski definition) is 4. The van der Waals surface area contributed by atoms with Gasteiger partial charge < -0.3 is 4.90 Å². The summed E-state index contributed by atoms with van der Waals surface area (Å²) in [5.41, 5.74) is 2.70. The maximum atomic E-state index is 13.5. The van der Waals surface area contributed by atoms with Crippen LogP contribution in [0.5, 0.6) is 0 Å². The van der Waals surface area contributed by atoms with Gasteiger partial charge in [0.1, 0.15) is 11.5 Å². The molecule has 2 amide bonds. The molecule has 0 bridgehead atoms. The van der Waals surface area contributed by atoms with E-state index < -0.39 is 0 Å². The molecule has 0 spiro atoms. The Kier molecular flexibility index (Phi) is 6.18. The van der Waals surface area contributed by atoms with Crippen molar-refractivity contribution in [2.24, 2.45) is 5.92 Å². The van der Waals surface area contributed by atoms with Crippen LogP contribution in [0.1, 0.15) is 25.0 Å². The lowest BCUT2D eigenvalue weighted by molar-refractivity contribution is -0.138.